The maximum atomic E-state index is 13.4. The van der Waals surface area contributed by atoms with Crippen LogP contribution < -0.4 is 15.4 Å². The van der Waals surface area contributed by atoms with Gasteiger partial charge in [0, 0.05) is 23.2 Å². The van der Waals surface area contributed by atoms with Crippen molar-refractivity contribution in [3.05, 3.63) is 95.6 Å². The summed E-state index contributed by atoms with van der Waals surface area (Å²) in [6, 6.07) is 22.9. The quantitative estimate of drug-likeness (QED) is 0.622. The molecule has 1 fully saturated rings. The maximum absolute atomic E-state index is 13.4. The Bertz CT molecular complexity index is 1190. The van der Waals surface area contributed by atoms with Crippen molar-refractivity contribution < 1.29 is 19.1 Å². The molecule has 0 aliphatic carbocycles. The molecule has 3 aromatic rings. The summed E-state index contributed by atoms with van der Waals surface area (Å²) in [5.41, 5.74) is 1.54. The summed E-state index contributed by atoms with van der Waals surface area (Å²) in [7, 11) is 0. The Labute approximate surface area is 185 Å². The molecule has 1 atom stereocenters. The molecule has 0 aromatic heterocycles. The number of imide groups is 1. The second kappa shape index (κ2) is 7.85. The number of benzene rings is 3. The number of nitrogens with one attached hydrogen (secondary N) is 2. The molecule has 1 unspecified atom stereocenters. The summed E-state index contributed by atoms with van der Waals surface area (Å²) in [6.07, 6.45) is 0.379. The van der Waals surface area contributed by atoms with E-state index >= 15 is 0 Å². The van der Waals surface area contributed by atoms with Gasteiger partial charge in [-0.05, 0) is 35.9 Å². The first-order valence-electron chi connectivity index (χ1n) is 10.4. The minimum absolute atomic E-state index is 0.121. The summed E-state index contributed by atoms with van der Waals surface area (Å²) in [5, 5.41) is 5.73. The second-order valence-electron chi connectivity index (χ2n) is 7.84. The molecule has 2 N–H and O–H groups in total. The molecule has 0 bridgehead atoms. The summed E-state index contributed by atoms with van der Waals surface area (Å²) in [4.78, 5) is 39.8. The third-order valence-electron chi connectivity index (χ3n) is 5.85. The number of hydrogen-bond donors (Lipinski definition) is 2. The summed E-state index contributed by atoms with van der Waals surface area (Å²) < 4.78 is 5.67. The Kier molecular flexibility index (Phi) is 4.86. The molecule has 7 heteroatoms. The molecule has 3 aromatic carbocycles. The highest BCUT2D eigenvalue weighted by Crippen LogP contribution is 2.41. The average Bonchev–Trinajstić information content (AvgIpc) is 3.05. The number of para-hydroxylation sites is 2. The topological polar surface area (TPSA) is 87.7 Å². The largest absolute Gasteiger partial charge is 0.493 e. The standard InChI is InChI=1S/C25H21N3O4/c29-22(26-19-6-2-1-3-7-19)18-12-10-17(11-13-18)16-28-23(30)25(27-24(28)31)14-15-32-21-9-5-4-8-20(21)25/h1-13H,14-16H2,(H,26,29)(H,27,31). The van der Waals surface area contributed by atoms with Gasteiger partial charge >= 0.3 is 6.03 Å². The highest BCUT2D eigenvalue weighted by atomic mass is 16.5. The van der Waals surface area contributed by atoms with Crippen LogP contribution in [-0.2, 0) is 16.9 Å². The van der Waals surface area contributed by atoms with Crippen LogP contribution in [0.4, 0.5) is 10.5 Å². The van der Waals surface area contributed by atoms with Crippen LogP contribution in [0.5, 0.6) is 5.75 Å². The number of nitrogens with zero attached hydrogens (tertiary/aromatic N) is 1. The van der Waals surface area contributed by atoms with Gasteiger partial charge in [-0.25, -0.2) is 4.79 Å². The predicted octanol–water partition coefficient (Wildman–Crippen LogP) is 3.67. The van der Waals surface area contributed by atoms with Crippen LogP contribution in [0.25, 0.3) is 0 Å². The molecular weight excluding hydrogens is 406 g/mol. The molecule has 4 amide bonds. The number of urea groups is 1. The van der Waals surface area contributed by atoms with Crippen molar-refractivity contribution in [2.75, 3.05) is 11.9 Å². The zero-order valence-corrected chi connectivity index (χ0v) is 17.2. The van der Waals surface area contributed by atoms with Gasteiger partial charge in [-0.2, -0.15) is 0 Å². The minimum Gasteiger partial charge on any atom is -0.493 e. The van der Waals surface area contributed by atoms with Crippen LogP contribution >= 0.6 is 0 Å². The van der Waals surface area contributed by atoms with Gasteiger partial charge in [-0.1, -0.05) is 48.5 Å². The van der Waals surface area contributed by atoms with E-state index in [1.807, 2.05) is 48.5 Å². The summed E-state index contributed by atoms with van der Waals surface area (Å²) in [6.45, 7) is 0.470. The first kappa shape index (κ1) is 19.8. The lowest BCUT2D eigenvalue weighted by molar-refractivity contribution is -0.133. The maximum Gasteiger partial charge on any atom is 0.325 e. The SMILES string of the molecule is O=C(Nc1ccccc1)c1ccc(CN2C(=O)NC3(CCOc4ccccc43)C2=O)cc1. The van der Waals surface area contributed by atoms with E-state index in [0.29, 0.717) is 35.6 Å². The van der Waals surface area contributed by atoms with Crippen molar-refractivity contribution in [1.29, 1.82) is 0 Å². The number of fused-ring (bicyclic) bond motifs is 2. The first-order chi connectivity index (χ1) is 15.6. The zero-order valence-electron chi connectivity index (χ0n) is 17.2. The third kappa shape index (κ3) is 3.37. The highest BCUT2D eigenvalue weighted by molar-refractivity contribution is 6.08. The van der Waals surface area contributed by atoms with Crippen molar-refractivity contribution in [2.45, 2.75) is 18.5 Å². The van der Waals surface area contributed by atoms with Crippen molar-refractivity contribution in [1.82, 2.24) is 10.2 Å². The Morgan fingerprint density at radius 2 is 1.69 bits per heavy atom. The van der Waals surface area contributed by atoms with Crippen LogP contribution in [0.3, 0.4) is 0 Å². The van der Waals surface area contributed by atoms with Crippen molar-refractivity contribution in [3.63, 3.8) is 0 Å². The van der Waals surface area contributed by atoms with Crippen molar-refractivity contribution >= 4 is 23.5 Å². The Morgan fingerprint density at radius 3 is 2.47 bits per heavy atom. The molecule has 1 spiro atoms. The van der Waals surface area contributed by atoms with E-state index in [2.05, 4.69) is 10.6 Å². The predicted molar refractivity (Wildman–Crippen MR) is 118 cm³/mol. The van der Waals surface area contributed by atoms with Gasteiger partial charge in [-0.3, -0.25) is 14.5 Å². The van der Waals surface area contributed by atoms with Gasteiger partial charge < -0.3 is 15.4 Å². The van der Waals surface area contributed by atoms with E-state index in [0.717, 1.165) is 5.56 Å². The lowest BCUT2D eigenvalue weighted by atomic mass is 9.84. The number of amides is 4. The van der Waals surface area contributed by atoms with Crippen molar-refractivity contribution in [3.8, 4) is 5.75 Å². The molecule has 2 heterocycles. The van der Waals surface area contributed by atoms with Gasteiger partial charge in [0.1, 0.15) is 5.75 Å². The number of anilines is 1. The number of carbonyl (C=O) groups is 3. The van der Waals surface area contributed by atoms with E-state index < -0.39 is 11.6 Å². The lowest BCUT2D eigenvalue weighted by Crippen LogP contribution is -2.47. The highest BCUT2D eigenvalue weighted by Gasteiger charge is 2.54. The van der Waals surface area contributed by atoms with Crippen molar-refractivity contribution in [2.24, 2.45) is 0 Å². The van der Waals surface area contributed by atoms with Gasteiger partial charge in [0.25, 0.3) is 11.8 Å². The zero-order chi connectivity index (χ0) is 22.1. The second-order valence-corrected chi connectivity index (χ2v) is 7.84. The van der Waals surface area contributed by atoms with E-state index in [1.165, 1.54) is 4.90 Å². The van der Waals surface area contributed by atoms with E-state index in [1.54, 1.807) is 30.3 Å². The van der Waals surface area contributed by atoms with E-state index in [4.69, 9.17) is 4.74 Å². The molecule has 0 radical (unpaired) electrons. The Morgan fingerprint density at radius 1 is 0.969 bits per heavy atom. The molecule has 2 aliphatic heterocycles. The van der Waals surface area contributed by atoms with Crippen LogP contribution in [0, 0.1) is 0 Å². The fourth-order valence-corrected chi connectivity index (χ4v) is 4.18. The molecule has 0 saturated carbocycles. The van der Waals surface area contributed by atoms with E-state index in [-0.39, 0.29) is 18.4 Å². The number of carbonyl (C=O) groups excluding carboxylic acids is 3. The molecule has 32 heavy (non-hydrogen) atoms. The monoisotopic (exact) mass is 427 g/mol. The Hall–Kier alpha value is -4.13. The van der Waals surface area contributed by atoms with Gasteiger partial charge in [0.2, 0.25) is 0 Å². The molecule has 2 aliphatic rings. The van der Waals surface area contributed by atoms with Crippen LogP contribution in [0.2, 0.25) is 0 Å². The summed E-state index contributed by atoms with van der Waals surface area (Å²) >= 11 is 0. The molecule has 160 valence electrons. The number of rotatable bonds is 4. The number of ether oxygens (including phenoxy) is 1. The molecule has 1 saturated heterocycles. The van der Waals surface area contributed by atoms with Crippen LogP contribution in [-0.4, -0.2) is 29.4 Å². The molecular formula is C25H21N3O4. The van der Waals surface area contributed by atoms with Crippen LogP contribution in [0.1, 0.15) is 27.9 Å². The summed E-state index contributed by atoms with van der Waals surface area (Å²) in [5.74, 6) is 0.0997. The van der Waals surface area contributed by atoms with Crippen LogP contribution in [0.15, 0.2) is 78.9 Å². The van der Waals surface area contributed by atoms with Gasteiger partial charge in [0.15, 0.2) is 5.54 Å². The first-order valence-corrected chi connectivity index (χ1v) is 10.4. The number of hydrogen-bond acceptors (Lipinski definition) is 4. The van der Waals surface area contributed by atoms with Gasteiger partial charge in [-0.15, -0.1) is 0 Å². The normalized spacial score (nSPS) is 19.3. The fourth-order valence-electron chi connectivity index (χ4n) is 4.18. The van der Waals surface area contributed by atoms with Gasteiger partial charge in [0.05, 0.1) is 13.2 Å². The minimum atomic E-state index is -1.10. The molecule has 5 rings (SSSR count). The average molecular weight is 427 g/mol. The lowest BCUT2D eigenvalue weighted by Gasteiger charge is -2.33. The third-order valence-corrected chi connectivity index (χ3v) is 5.85. The van der Waals surface area contributed by atoms with E-state index in [9.17, 15) is 14.4 Å². The fraction of sp³-hybridized carbons (Fsp3) is 0.160. The Balaban J connectivity index is 1.32. The smallest absolute Gasteiger partial charge is 0.325 e. The molecule has 7 nitrogen and oxygen atoms in total.